The minimum atomic E-state index is -0.832. The molecule has 0 amide bonds. The van der Waals surface area contributed by atoms with E-state index in [1.54, 1.807) is 0 Å². The van der Waals surface area contributed by atoms with Crippen LogP contribution in [-0.2, 0) is 5.60 Å². The molecule has 0 bridgehead atoms. The van der Waals surface area contributed by atoms with Crippen molar-refractivity contribution in [1.29, 1.82) is 0 Å². The average Bonchev–Trinajstić information content (AvgIpc) is 2.45. The summed E-state index contributed by atoms with van der Waals surface area (Å²) >= 11 is 0. The van der Waals surface area contributed by atoms with Crippen molar-refractivity contribution in [2.75, 3.05) is 0 Å². The number of nitrogens with zero attached hydrogens (tertiary/aromatic N) is 1. The quantitative estimate of drug-likeness (QED) is 0.708. The smallest absolute Gasteiger partial charge is 0.125 e. The third kappa shape index (κ3) is 1.18. The molecule has 1 heterocycles. The summed E-state index contributed by atoms with van der Waals surface area (Å²) in [5.74, 6) is 0. The van der Waals surface area contributed by atoms with E-state index in [9.17, 15) is 5.11 Å². The van der Waals surface area contributed by atoms with E-state index in [4.69, 9.17) is 0 Å². The Morgan fingerprint density at radius 1 is 1.46 bits per heavy atom. The molecular weight excluding hydrogens is 162 g/mol. The maximum absolute atomic E-state index is 10.1. The van der Waals surface area contributed by atoms with Gasteiger partial charge in [-0.15, -0.1) is 0 Å². The van der Waals surface area contributed by atoms with Crippen LogP contribution in [0.25, 0.3) is 6.08 Å². The van der Waals surface area contributed by atoms with Crippen molar-refractivity contribution in [3.05, 3.63) is 35.2 Å². The standard InChI is InChI=1S/C11H13NO/c1-3-11(13)7-6-9-5-4-8(2)12-10(9)11/h4-7,13H,3H2,1-2H3. The van der Waals surface area contributed by atoms with Crippen LogP contribution in [0.2, 0.25) is 0 Å². The fourth-order valence-corrected chi connectivity index (χ4v) is 1.64. The zero-order chi connectivity index (χ0) is 9.47. The fourth-order valence-electron chi connectivity index (χ4n) is 1.64. The first-order valence-electron chi connectivity index (χ1n) is 4.55. The molecule has 1 aliphatic rings. The summed E-state index contributed by atoms with van der Waals surface area (Å²) in [6, 6.07) is 3.96. The Labute approximate surface area is 77.9 Å². The van der Waals surface area contributed by atoms with Crippen LogP contribution >= 0.6 is 0 Å². The van der Waals surface area contributed by atoms with E-state index in [-0.39, 0.29) is 0 Å². The Bertz CT molecular complexity index is 370. The van der Waals surface area contributed by atoms with Crippen molar-refractivity contribution >= 4 is 6.08 Å². The lowest BCUT2D eigenvalue weighted by Crippen LogP contribution is -2.21. The predicted octanol–water partition coefficient (Wildman–Crippen LogP) is 2.01. The Hall–Kier alpha value is -1.15. The highest BCUT2D eigenvalue weighted by Gasteiger charge is 2.31. The van der Waals surface area contributed by atoms with Crippen LogP contribution in [0.4, 0.5) is 0 Å². The molecular formula is C11H13NO. The molecule has 0 aliphatic heterocycles. The molecule has 1 atom stereocenters. The van der Waals surface area contributed by atoms with Gasteiger partial charge in [-0.25, -0.2) is 0 Å². The minimum absolute atomic E-state index is 0.674. The summed E-state index contributed by atoms with van der Waals surface area (Å²) in [6.07, 6.45) is 4.43. The van der Waals surface area contributed by atoms with E-state index in [0.29, 0.717) is 6.42 Å². The molecule has 2 rings (SSSR count). The third-order valence-electron chi connectivity index (χ3n) is 2.55. The highest BCUT2D eigenvalue weighted by atomic mass is 16.3. The molecule has 2 heteroatoms. The SMILES string of the molecule is CCC1(O)C=Cc2ccc(C)nc21. The summed E-state index contributed by atoms with van der Waals surface area (Å²) in [6.45, 7) is 3.90. The van der Waals surface area contributed by atoms with Gasteiger partial charge in [0, 0.05) is 5.69 Å². The summed E-state index contributed by atoms with van der Waals surface area (Å²) in [4.78, 5) is 4.37. The van der Waals surface area contributed by atoms with Gasteiger partial charge in [-0.05, 0) is 31.1 Å². The summed E-state index contributed by atoms with van der Waals surface area (Å²) in [5.41, 5.74) is 1.96. The van der Waals surface area contributed by atoms with E-state index in [2.05, 4.69) is 4.98 Å². The van der Waals surface area contributed by atoms with Crippen LogP contribution in [-0.4, -0.2) is 10.1 Å². The number of hydrogen-bond donors (Lipinski definition) is 1. The second-order valence-corrected chi connectivity index (χ2v) is 3.50. The van der Waals surface area contributed by atoms with E-state index < -0.39 is 5.60 Å². The first-order chi connectivity index (χ1) is 6.15. The molecule has 0 saturated carbocycles. The van der Waals surface area contributed by atoms with Crippen molar-refractivity contribution in [2.24, 2.45) is 0 Å². The molecule has 0 radical (unpaired) electrons. The van der Waals surface area contributed by atoms with Crippen LogP contribution in [0.15, 0.2) is 18.2 Å². The summed E-state index contributed by atoms with van der Waals surface area (Å²) in [5, 5.41) is 10.1. The summed E-state index contributed by atoms with van der Waals surface area (Å²) < 4.78 is 0. The number of aryl methyl sites for hydroxylation is 1. The minimum Gasteiger partial charge on any atom is -0.379 e. The molecule has 0 aromatic carbocycles. The number of pyridine rings is 1. The van der Waals surface area contributed by atoms with Gasteiger partial charge in [0.05, 0.1) is 5.69 Å². The number of rotatable bonds is 1. The van der Waals surface area contributed by atoms with Crippen molar-refractivity contribution in [1.82, 2.24) is 4.98 Å². The van der Waals surface area contributed by atoms with Gasteiger partial charge >= 0.3 is 0 Å². The van der Waals surface area contributed by atoms with Crippen molar-refractivity contribution in [3.8, 4) is 0 Å². The van der Waals surface area contributed by atoms with Gasteiger partial charge in [-0.2, -0.15) is 0 Å². The van der Waals surface area contributed by atoms with Gasteiger partial charge in [0.1, 0.15) is 5.60 Å². The second kappa shape index (κ2) is 2.67. The molecule has 1 aromatic heterocycles. The first kappa shape index (κ1) is 8.45. The van der Waals surface area contributed by atoms with Gasteiger partial charge in [-0.1, -0.05) is 19.1 Å². The van der Waals surface area contributed by atoms with Gasteiger partial charge in [0.2, 0.25) is 0 Å². The van der Waals surface area contributed by atoms with Crippen molar-refractivity contribution in [3.63, 3.8) is 0 Å². The third-order valence-corrected chi connectivity index (χ3v) is 2.55. The second-order valence-electron chi connectivity index (χ2n) is 3.50. The maximum Gasteiger partial charge on any atom is 0.125 e. The topological polar surface area (TPSA) is 33.1 Å². The fraction of sp³-hybridized carbons (Fsp3) is 0.364. The molecule has 13 heavy (non-hydrogen) atoms. The van der Waals surface area contributed by atoms with E-state index in [0.717, 1.165) is 17.0 Å². The van der Waals surface area contributed by atoms with E-state index >= 15 is 0 Å². The lowest BCUT2D eigenvalue weighted by molar-refractivity contribution is 0.0839. The number of aliphatic hydroxyl groups is 1. The number of aromatic nitrogens is 1. The Balaban J connectivity index is 2.57. The highest BCUT2D eigenvalue weighted by Crippen LogP contribution is 2.34. The Kier molecular flexibility index (Phi) is 1.74. The molecule has 68 valence electrons. The average molecular weight is 175 g/mol. The van der Waals surface area contributed by atoms with Gasteiger partial charge in [0.25, 0.3) is 0 Å². The van der Waals surface area contributed by atoms with Gasteiger partial charge in [-0.3, -0.25) is 4.98 Å². The molecule has 2 nitrogen and oxygen atoms in total. The van der Waals surface area contributed by atoms with Crippen molar-refractivity contribution in [2.45, 2.75) is 25.9 Å². The van der Waals surface area contributed by atoms with Crippen molar-refractivity contribution < 1.29 is 5.11 Å². The largest absolute Gasteiger partial charge is 0.379 e. The lowest BCUT2D eigenvalue weighted by atomic mass is 9.98. The zero-order valence-corrected chi connectivity index (χ0v) is 7.91. The zero-order valence-electron chi connectivity index (χ0n) is 7.91. The monoisotopic (exact) mass is 175 g/mol. The Morgan fingerprint density at radius 3 is 2.92 bits per heavy atom. The number of hydrogen-bond acceptors (Lipinski definition) is 2. The highest BCUT2D eigenvalue weighted by molar-refractivity contribution is 5.61. The van der Waals surface area contributed by atoms with Gasteiger partial charge in [0.15, 0.2) is 0 Å². The molecule has 0 saturated heterocycles. The predicted molar refractivity (Wildman–Crippen MR) is 52.2 cm³/mol. The van der Waals surface area contributed by atoms with Crippen LogP contribution in [0.3, 0.4) is 0 Å². The molecule has 1 N–H and O–H groups in total. The van der Waals surface area contributed by atoms with E-state index in [1.807, 2.05) is 38.1 Å². The van der Waals surface area contributed by atoms with Crippen LogP contribution in [0.1, 0.15) is 30.3 Å². The van der Waals surface area contributed by atoms with Crippen LogP contribution < -0.4 is 0 Å². The van der Waals surface area contributed by atoms with Gasteiger partial charge < -0.3 is 5.11 Å². The Morgan fingerprint density at radius 2 is 2.23 bits per heavy atom. The molecule has 0 spiro atoms. The maximum atomic E-state index is 10.1. The lowest BCUT2D eigenvalue weighted by Gasteiger charge is -2.19. The van der Waals surface area contributed by atoms with E-state index in [1.165, 1.54) is 0 Å². The van der Waals surface area contributed by atoms with Crippen LogP contribution in [0.5, 0.6) is 0 Å². The van der Waals surface area contributed by atoms with Crippen LogP contribution in [0, 0.1) is 6.92 Å². The number of fused-ring (bicyclic) bond motifs is 1. The molecule has 1 unspecified atom stereocenters. The molecule has 1 aromatic rings. The summed E-state index contributed by atoms with van der Waals surface area (Å²) in [7, 11) is 0. The first-order valence-corrected chi connectivity index (χ1v) is 4.55. The molecule has 0 fully saturated rings. The normalized spacial score (nSPS) is 24.8. The molecule has 1 aliphatic carbocycles.